The third-order valence-electron chi connectivity index (χ3n) is 6.80. The Labute approximate surface area is 139 Å². The van der Waals surface area contributed by atoms with Crippen molar-refractivity contribution in [2.24, 2.45) is 41.4 Å². The van der Waals surface area contributed by atoms with Gasteiger partial charge in [-0.25, -0.2) is 0 Å². The van der Waals surface area contributed by atoms with Crippen molar-refractivity contribution in [2.45, 2.75) is 64.6 Å². The van der Waals surface area contributed by atoms with E-state index in [4.69, 9.17) is 4.74 Å². The molecule has 3 heteroatoms. The van der Waals surface area contributed by atoms with Crippen molar-refractivity contribution in [1.29, 1.82) is 0 Å². The molecule has 3 saturated carbocycles. The number of aliphatic hydroxyl groups excluding tert-OH is 1. The fraction of sp³-hybridized carbons (Fsp3) is 0.850. The molecule has 3 nitrogen and oxygen atoms in total. The van der Waals surface area contributed by atoms with E-state index in [0.717, 1.165) is 41.9 Å². The third kappa shape index (κ3) is 2.75. The van der Waals surface area contributed by atoms with Gasteiger partial charge in [-0.1, -0.05) is 12.2 Å². The summed E-state index contributed by atoms with van der Waals surface area (Å²) in [7, 11) is 0. The highest BCUT2D eigenvalue weighted by Crippen LogP contribution is 2.67. The van der Waals surface area contributed by atoms with Crippen LogP contribution in [0.2, 0.25) is 0 Å². The maximum absolute atomic E-state index is 11.9. The number of ether oxygens (including phenoxy) is 1. The largest absolute Gasteiger partial charge is 0.460 e. The molecule has 8 unspecified atom stereocenters. The van der Waals surface area contributed by atoms with Crippen LogP contribution in [0.15, 0.2) is 12.2 Å². The molecule has 0 saturated heterocycles. The number of hydrogen-bond donors (Lipinski definition) is 1. The minimum Gasteiger partial charge on any atom is -0.460 e. The number of hydrogen-bond acceptors (Lipinski definition) is 3. The van der Waals surface area contributed by atoms with Crippen molar-refractivity contribution in [1.82, 2.24) is 0 Å². The second-order valence-corrected chi connectivity index (χ2v) is 9.44. The van der Waals surface area contributed by atoms with Gasteiger partial charge in [-0.15, -0.1) is 0 Å². The minimum atomic E-state index is -0.540. The Morgan fingerprint density at radius 1 is 1.17 bits per heavy atom. The first-order valence-electron chi connectivity index (χ1n) is 9.40. The van der Waals surface area contributed by atoms with Crippen LogP contribution in [0.4, 0.5) is 0 Å². The molecule has 0 aromatic rings. The third-order valence-corrected chi connectivity index (χ3v) is 6.80. The minimum absolute atomic E-state index is 0.144. The van der Waals surface area contributed by atoms with Gasteiger partial charge in [0.25, 0.3) is 0 Å². The molecular weight excluding hydrogens is 288 g/mol. The highest BCUT2D eigenvalue weighted by molar-refractivity contribution is 5.70. The summed E-state index contributed by atoms with van der Waals surface area (Å²) in [5.74, 6) is 5.50. The lowest BCUT2D eigenvalue weighted by Gasteiger charge is -2.37. The van der Waals surface area contributed by atoms with Crippen LogP contribution in [0.5, 0.6) is 0 Å². The molecule has 0 heterocycles. The highest BCUT2D eigenvalue weighted by atomic mass is 16.6. The van der Waals surface area contributed by atoms with Gasteiger partial charge in [0.15, 0.2) is 0 Å². The van der Waals surface area contributed by atoms with Crippen LogP contribution >= 0.6 is 0 Å². The molecule has 4 aliphatic carbocycles. The molecule has 4 rings (SSSR count). The Morgan fingerprint density at radius 3 is 2.57 bits per heavy atom. The van der Waals surface area contributed by atoms with Crippen LogP contribution in [0.1, 0.15) is 52.9 Å². The van der Waals surface area contributed by atoms with Crippen molar-refractivity contribution < 1.29 is 14.6 Å². The summed E-state index contributed by atoms with van der Waals surface area (Å²) in [5, 5.41) is 10.4. The monoisotopic (exact) mass is 318 g/mol. The molecule has 23 heavy (non-hydrogen) atoms. The van der Waals surface area contributed by atoms with E-state index in [1.807, 2.05) is 20.8 Å². The maximum Gasteiger partial charge on any atom is 0.308 e. The molecular formula is C20H30O3. The van der Waals surface area contributed by atoms with Gasteiger partial charge in [-0.05, 0) is 87.9 Å². The van der Waals surface area contributed by atoms with Crippen molar-refractivity contribution >= 4 is 5.97 Å². The van der Waals surface area contributed by atoms with Crippen LogP contribution in [0.25, 0.3) is 0 Å². The molecule has 4 bridgehead atoms. The molecule has 128 valence electrons. The van der Waals surface area contributed by atoms with Gasteiger partial charge in [0.05, 0.1) is 12.5 Å². The number of carbonyl (C=O) groups excluding carboxylic acids is 1. The van der Waals surface area contributed by atoms with Crippen molar-refractivity contribution in [3.8, 4) is 0 Å². The predicted octanol–water partition coefficient (Wildman–Crippen LogP) is 3.56. The van der Waals surface area contributed by atoms with E-state index in [9.17, 15) is 9.90 Å². The second-order valence-electron chi connectivity index (χ2n) is 9.44. The van der Waals surface area contributed by atoms with Crippen molar-refractivity contribution in [2.75, 3.05) is 0 Å². The number of fused-ring (bicyclic) bond motifs is 9. The molecule has 3 fully saturated rings. The summed E-state index contributed by atoms with van der Waals surface area (Å²) in [6.07, 6.45) is 9.34. The van der Waals surface area contributed by atoms with E-state index < -0.39 is 11.7 Å². The smallest absolute Gasteiger partial charge is 0.308 e. The zero-order valence-electron chi connectivity index (χ0n) is 14.6. The Morgan fingerprint density at radius 2 is 1.87 bits per heavy atom. The number of esters is 1. The fourth-order valence-corrected chi connectivity index (χ4v) is 6.43. The first kappa shape index (κ1) is 15.7. The molecule has 4 aliphatic rings. The van der Waals surface area contributed by atoms with Gasteiger partial charge in [-0.2, -0.15) is 0 Å². The predicted molar refractivity (Wildman–Crippen MR) is 88.5 cm³/mol. The Balaban J connectivity index is 1.33. The molecule has 0 aliphatic heterocycles. The molecule has 1 N–H and O–H groups in total. The van der Waals surface area contributed by atoms with E-state index in [-0.39, 0.29) is 12.4 Å². The van der Waals surface area contributed by atoms with Crippen molar-refractivity contribution in [3.63, 3.8) is 0 Å². The standard InChI is InChI=1S/C20H30O3/c1-20(2,3)23-17(22)10-15(21)8-13-7-14-9-16(13)19-12-5-4-11(6-12)18(14)19/h4-5,11-16,18-19,21H,6-10H2,1-3H3. The molecule has 0 spiro atoms. The van der Waals surface area contributed by atoms with Crippen LogP contribution in [0, 0.1) is 41.4 Å². The molecule has 8 atom stereocenters. The average Bonchev–Trinajstić information content (AvgIpc) is 3.14. The first-order valence-corrected chi connectivity index (χ1v) is 9.40. The molecule has 0 aromatic heterocycles. The molecule has 0 amide bonds. The lowest BCUT2D eigenvalue weighted by molar-refractivity contribution is -0.157. The van der Waals surface area contributed by atoms with Gasteiger partial charge < -0.3 is 9.84 Å². The van der Waals surface area contributed by atoms with Gasteiger partial charge in [0, 0.05) is 0 Å². The summed E-state index contributed by atoms with van der Waals surface area (Å²) in [4.78, 5) is 11.9. The average molecular weight is 318 g/mol. The summed E-state index contributed by atoms with van der Waals surface area (Å²) in [6, 6.07) is 0. The first-order chi connectivity index (χ1) is 10.8. The lowest BCUT2D eigenvalue weighted by atomic mass is 9.68. The zero-order valence-corrected chi connectivity index (χ0v) is 14.6. The van der Waals surface area contributed by atoms with Gasteiger partial charge in [0.1, 0.15) is 5.60 Å². The highest BCUT2D eigenvalue weighted by Gasteiger charge is 2.60. The van der Waals surface area contributed by atoms with Crippen LogP contribution < -0.4 is 0 Å². The Kier molecular flexibility index (Phi) is 3.64. The van der Waals surface area contributed by atoms with E-state index >= 15 is 0 Å². The van der Waals surface area contributed by atoms with Crippen LogP contribution in [-0.2, 0) is 9.53 Å². The van der Waals surface area contributed by atoms with Crippen molar-refractivity contribution in [3.05, 3.63) is 12.2 Å². The Hall–Kier alpha value is -0.830. The zero-order chi connectivity index (χ0) is 16.4. The second kappa shape index (κ2) is 5.34. The SMILES string of the molecule is CC(C)(C)OC(=O)CC(O)CC1CC2CC1C1C3C=CC(C3)C21. The van der Waals surface area contributed by atoms with Crippen LogP contribution in [0.3, 0.4) is 0 Å². The van der Waals surface area contributed by atoms with E-state index in [2.05, 4.69) is 12.2 Å². The number of carbonyl (C=O) groups is 1. The summed E-state index contributed by atoms with van der Waals surface area (Å²) >= 11 is 0. The van der Waals surface area contributed by atoms with Gasteiger partial charge >= 0.3 is 5.97 Å². The van der Waals surface area contributed by atoms with E-state index in [1.54, 1.807) is 0 Å². The number of aliphatic hydroxyl groups is 1. The normalized spacial score (nSPS) is 44.6. The van der Waals surface area contributed by atoms with Crippen LogP contribution in [-0.4, -0.2) is 22.8 Å². The van der Waals surface area contributed by atoms with E-state index in [1.165, 1.54) is 19.3 Å². The lowest BCUT2D eigenvalue weighted by Crippen LogP contribution is -2.33. The molecule has 0 radical (unpaired) electrons. The van der Waals surface area contributed by atoms with Gasteiger partial charge in [0.2, 0.25) is 0 Å². The summed E-state index contributed by atoms with van der Waals surface area (Å²) < 4.78 is 5.34. The molecule has 0 aromatic carbocycles. The summed E-state index contributed by atoms with van der Waals surface area (Å²) in [5.41, 5.74) is -0.466. The number of rotatable bonds is 4. The quantitative estimate of drug-likeness (QED) is 0.490. The van der Waals surface area contributed by atoms with E-state index in [0.29, 0.717) is 5.92 Å². The Bertz CT molecular complexity index is 517. The summed E-state index contributed by atoms with van der Waals surface area (Å²) in [6.45, 7) is 5.61. The topological polar surface area (TPSA) is 46.5 Å². The fourth-order valence-electron chi connectivity index (χ4n) is 6.43. The maximum atomic E-state index is 11.9. The number of allylic oxidation sites excluding steroid dienone is 2. The van der Waals surface area contributed by atoms with Gasteiger partial charge in [-0.3, -0.25) is 4.79 Å².